The number of carbonyl (C=O) groups is 1. The Balaban J connectivity index is 1.57. The molecule has 120 valence electrons. The normalized spacial score (nSPS) is 14.9. The first kappa shape index (κ1) is 15.8. The molecule has 0 spiro atoms. The third kappa shape index (κ3) is 4.69. The molecule has 1 unspecified atom stereocenters. The van der Waals surface area contributed by atoms with E-state index in [-0.39, 0.29) is 12.1 Å². The van der Waals surface area contributed by atoms with Crippen molar-refractivity contribution >= 4 is 33.5 Å². The zero-order valence-electron chi connectivity index (χ0n) is 12.8. The van der Waals surface area contributed by atoms with Crippen LogP contribution in [-0.4, -0.2) is 17.1 Å². The summed E-state index contributed by atoms with van der Waals surface area (Å²) in [4.78, 5) is 16.0. The maximum Gasteiger partial charge on any atom is 0.319 e. The van der Waals surface area contributed by atoms with Crippen LogP contribution < -0.4 is 16.0 Å². The van der Waals surface area contributed by atoms with Gasteiger partial charge in [0, 0.05) is 28.4 Å². The third-order valence-corrected chi connectivity index (χ3v) is 4.14. The van der Waals surface area contributed by atoms with Crippen LogP contribution in [0.5, 0.6) is 0 Å². The Kier molecular flexibility index (Phi) is 4.81. The Labute approximate surface area is 144 Å². The highest BCUT2D eigenvalue weighted by Crippen LogP contribution is 2.21. The Hall–Kier alpha value is -2.08. The standard InChI is InChI=1S/C17H19BrN4O/c1-11(20-16-9-4-13(18)10-19-16)12-2-5-14(6-3-12)21-17(23)22-15-7-8-15/h2-6,9-11,15H,7-8H2,1H3,(H,19,20)(H2,21,22,23). The summed E-state index contributed by atoms with van der Waals surface area (Å²) in [5.74, 6) is 0.826. The van der Waals surface area contributed by atoms with Gasteiger partial charge in [-0.3, -0.25) is 0 Å². The van der Waals surface area contributed by atoms with Gasteiger partial charge in [-0.25, -0.2) is 9.78 Å². The fourth-order valence-electron chi connectivity index (χ4n) is 2.20. The molecule has 3 rings (SSSR count). The number of halogens is 1. The lowest BCUT2D eigenvalue weighted by Crippen LogP contribution is -2.30. The minimum Gasteiger partial charge on any atom is -0.364 e. The molecular formula is C17H19BrN4O. The van der Waals surface area contributed by atoms with Crippen molar-refractivity contribution in [1.29, 1.82) is 0 Å². The van der Waals surface area contributed by atoms with Crippen LogP contribution in [0.3, 0.4) is 0 Å². The smallest absolute Gasteiger partial charge is 0.319 e. The van der Waals surface area contributed by atoms with Crippen LogP contribution in [-0.2, 0) is 0 Å². The molecule has 6 heteroatoms. The Bertz CT molecular complexity index is 668. The molecule has 0 aliphatic heterocycles. The summed E-state index contributed by atoms with van der Waals surface area (Å²) in [7, 11) is 0. The first-order valence-corrected chi connectivity index (χ1v) is 8.45. The van der Waals surface area contributed by atoms with E-state index in [1.807, 2.05) is 36.4 Å². The molecule has 1 atom stereocenters. The Morgan fingerprint density at radius 2 is 1.96 bits per heavy atom. The van der Waals surface area contributed by atoms with Crippen LogP contribution >= 0.6 is 15.9 Å². The topological polar surface area (TPSA) is 66.0 Å². The molecule has 2 aromatic rings. The van der Waals surface area contributed by atoms with Crippen LogP contribution in [0, 0.1) is 0 Å². The maximum atomic E-state index is 11.7. The fraction of sp³-hybridized carbons (Fsp3) is 0.294. The molecule has 1 fully saturated rings. The second-order valence-electron chi connectivity index (χ2n) is 5.72. The van der Waals surface area contributed by atoms with Gasteiger partial charge in [-0.15, -0.1) is 0 Å². The highest BCUT2D eigenvalue weighted by molar-refractivity contribution is 9.10. The summed E-state index contributed by atoms with van der Waals surface area (Å²) in [6, 6.07) is 12.1. The molecule has 3 N–H and O–H groups in total. The van der Waals surface area contributed by atoms with Gasteiger partial charge in [-0.2, -0.15) is 0 Å². The first-order chi connectivity index (χ1) is 11.1. The van der Waals surface area contributed by atoms with E-state index in [1.54, 1.807) is 6.20 Å². The van der Waals surface area contributed by atoms with Crippen LogP contribution in [0.15, 0.2) is 47.1 Å². The van der Waals surface area contributed by atoms with Crippen LogP contribution in [0.4, 0.5) is 16.3 Å². The maximum absolute atomic E-state index is 11.7. The zero-order chi connectivity index (χ0) is 16.2. The molecule has 1 aliphatic rings. The molecule has 1 heterocycles. The van der Waals surface area contributed by atoms with E-state index < -0.39 is 0 Å². The molecule has 23 heavy (non-hydrogen) atoms. The van der Waals surface area contributed by atoms with Gasteiger partial charge in [0.05, 0.1) is 0 Å². The predicted molar refractivity (Wildman–Crippen MR) is 95.6 cm³/mol. The van der Waals surface area contributed by atoms with E-state index in [2.05, 4.69) is 43.8 Å². The number of carbonyl (C=O) groups excluding carboxylic acids is 1. The third-order valence-electron chi connectivity index (χ3n) is 3.67. The second kappa shape index (κ2) is 7.00. The number of nitrogens with zero attached hydrogens (tertiary/aromatic N) is 1. The Morgan fingerprint density at radius 1 is 1.22 bits per heavy atom. The van der Waals surface area contributed by atoms with Crippen molar-refractivity contribution in [2.45, 2.75) is 31.8 Å². The SMILES string of the molecule is CC(Nc1ccc(Br)cn1)c1ccc(NC(=O)NC2CC2)cc1. The monoisotopic (exact) mass is 374 g/mol. The van der Waals surface area contributed by atoms with Gasteiger partial charge in [0.1, 0.15) is 5.82 Å². The molecule has 1 aliphatic carbocycles. The first-order valence-electron chi connectivity index (χ1n) is 7.66. The quantitative estimate of drug-likeness (QED) is 0.730. The summed E-state index contributed by atoms with van der Waals surface area (Å²) in [5.41, 5.74) is 1.92. The van der Waals surface area contributed by atoms with Crippen molar-refractivity contribution in [2.24, 2.45) is 0 Å². The molecule has 5 nitrogen and oxygen atoms in total. The molecule has 0 radical (unpaired) electrons. The molecule has 0 bridgehead atoms. The number of rotatable bonds is 5. The molecular weight excluding hydrogens is 356 g/mol. The molecule has 1 saturated carbocycles. The number of aromatic nitrogens is 1. The van der Waals surface area contributed by atoms with E-state index in [9.17, 15) is 4.79 Å². The lowest BCUT2D eigenvalue weighted by Gasteiger charge is -2.15. The number of amides is 2. The number of anilines is 2. The lowest BCUT2D eigenvalue weighted by atomic mass is 10.1. The number of pyridine rings is 1. The summed E-state index contributed by atoms with van der Waals surface area (Å²) in [6.07, 6.45) is 3.93. The van der Waals surface area contributed by atoms with Crippen molar-refractivity contribution in [3.8, 4) is 0 Å². The molecule has 1 aromatic heterocycles. The van der Waals surface area contributed by atoms with Crippen molar-refractivity contribution in [3.05, 3.63) is 52.6 Å². The van der Waals surface area contributed by atoms with Gasteiger partial charge >= 0.3 is 6.03 Å². The van der Waals surface area contributed by atoms with Gasteiger partial charge in [-0.1, -0.05) is 12.1 Å². The zero-order valence-corrected chi connectivity index (χ0v) is 14.4. The highest BCUT2D eigenvalue weighted by Gasteiger charge is 2.23. The van der Waals surface area contributed by atoms with Crippen LogP contribution in [0.2, 0.25) is 0 Å². The number of benzene rings is 1. The predicted octanol–water partition coefficient (Wildman–Crippen LogP) is 4.30. The van der Waals surface area contributed by atoms with E-state index in [1.165, 1.54) is 0 Å². The average molecular weight is 375 g/mol. The second-order valence-corrected chi connectivity index (χ2v) is 6.64. The van der Waals surface area contributed by atoms with Gasteiger partial charge in [0.15, 0.2) is 0 Å². The number of urea groups is 1. The van der Waals surface area contributed by atoms with Gasteiger partial charge in [-0.05, 0) is 65.5 Å². The summed E-state index contributed by atoms with van der Waals surface area (Å²) < 4.78 is 0.954. The number of hydrogen-bond acceptors (Lipinski definition) is 3. The van der Waals surface area contributed by atoms with Gasteiger partial charge in [0.25, 0.3) is 0 Å². The minimum absolute atomic E-state index is 0.123. The molecule has 1 aromatic carbocycles. The highest BCUT2D eigenvalue weighted by atomic mass is 79.9. The van der Waals surface area contributed by atoms with E-state index in [0.29, 0.717) is 6.04 Å². The van der Waals surface area contributed by atoms with Crippen molar-refractivity contribution in [2.75, 3.05) is 10.6 Å². The molecule has 0 saturated heterocycles. The number of hydrogen-bond donors (Lipinski definition) is 3. The summed E-state index contributed by atoms with van der Waals surface area (Å²) in [6.45, 7) is 2.08. The van der Waals surface area contributed by atoms with E-state index >= 15 is 0 Å². The minimum atomic E-state index is -0.134. The largest absolute Gasteiger partial charge is 0.364 e. The van der Waals surface area contributed by atoms with Crippen molar-refractivity contribution < 1.29 is 4.79 Å². The fourth-order valence-corrected chi connectivity index (χ4v) is 2.44. The van der Waals surface area contributed by atoms with Crippen molar-refractivity contribution in [3.63, 3.8) is 0 Å². The summed E-state index contributed by atoms with van der Waals surface area (Å²) >= 11 is 3.37. The number of nitrogens with one attached hydrogen (secondary N) is 3. The van der Waals surface area contributed by atoms with Crippen molar-refractivity contribution in [1.82, 2.24) is 10.3 Å². The van der Waals surface area contributed by atoms with Gasteiger partial charge < -0.3 is 16.0 Å². The summed E-state index contributed by atoms with van der Waals surface area (Å²) in [5, 5.41) is 9.10. The lowest BCUT2D eigenvalue weighted by molar-refractivity contribution is 0.251. The Morgan fingerprint density at radius 3 is 2.57 bits per heavy atom. The van der Waals surface area contributed by atoms with E-state index in [4.69, 9.17) is 0 Å². The van der Waals surface area contributed by atoms with Crippen LogP contribution in [0.25, 0.3) is 0 Å². The molecule has 2 amide bonds. The van der Waals surface area contributed by atoms with E-state index in [0.717, 1.165) is 34.4 Å². The van der Waals surface area contributed by atoms with Gasteiger partial charge in [0.2, 0.25) is 0 Å². The van der Waals surface area contributed by atoms with Crippen LogP contribution in [0.1, 0.15) is 31.4 Å². The average Bonchev–Trinajstić information content (AvgIpc) is 3.34.